The van der Waals surface area contributed by atoms with Gasteiger partial charge in [0.05, 0.1) is 22.2 Å². The Bertz CT molecular complexity index is 1450. The van der Waals surface area contributed by atoms with Crippen molar-refractivity contribution in [1.82, 2.24) is 9.88 Å². The minimum atomic E-state index is -0.730. The smallest absolute Gasteiger partial charge is 0.375 e. The molecule has 35 heavy (non-hydrogen) atoms. The molecular formula is C27H28N2O5S. The van der Waals surface area contributed by atoms with Gasteiger partial charge < -0.3 is 14.3 Å². The monoisotopic (exact) mass is 492 g/mol. The highest BCUT2D eigenvalue weighted by atomic mass is 32.1. The van der Waals surface area contributed by atoms with Crippen molar-refractivity contribution in [1.29, 1.82) is 0 Å². The molecule has 0 aliphatic carbocycles. The number of para-hydroxylation sites is 1. The molecule has 0 spiro atoms. The number of nitrogens with zero attached hydrogens (tertiary/aromatic N) is 2. The predicted octanol–water partition coefficient (Wildman–Crippen LogP) is 5.49. The van der Waals surface area contributed by atoms with Gasteiger partial charge in [-0.05, 0) is 63.9 Å². The van der Waals surface area contributed by atoms with E-state index >= 15 is 0 Å². The Morgan fingerprint density at radius 3 is 2.74 bits per heavy atom. The molecule has 1 fully saturated rings. The van der Waals surface area contributed by atoms with Gasteiger partial charge in [-0.25, -0.2) is 9.78 Å². The topological polar surface area (TPSA) is 92.9 Å². The van der Waals surface area contributed by atoms with Crippen LogP contribution in [0.5, 0.6) is 5.75 Å². The number of ether oxygens (including phenoxy) is 1. The van der Waals surface area contributed by atoms with Crippen molar-refractivity contribution in [3.05, 3.63) is 57.4 Å². The first-order valence-electron chi connectivity index (χ1n) is 11.9. The highest BCUT2D eigenvalue weighted by Gasteiger charge is 2.28. The van der Waals surface area contributed by atoms with Crippen LogP contribution in [0.25, 0.3) is 31.8 Å². The third-order valence-corrected chi connectivity index (χ3v) is 7.76. The number of esters is 1. The number of hydrogen-bond acceptors (Lipinski definition) is 8. The zero-order chi connectivity index (χ0) is 24.7. The lowest BCUT2D eigenvalue weighted by atomic mass is 9.97. The summed E-state index contributed by atoms with van der Waals surface area (Å²) in [6, 6.07) is 9.26. The molecular weight excluding hydrogens is 464 g/mol. The van der Waals surface area contributed by atoms with Gasteiger partial charge >= 0.3 is 5.97 Å². The average Bonchev–Trinajstić information content (AvgIpc) is 3.28. The van der Waals surface area contributed by atoms with Crippen molar-refractivity contribution < 1.29 is 19.1 Å². The molecule has 0 unspecified atom stereocenters. The van der Waals surface area contributed by atoms with Crippen molar-refractivity contribution in [3.8, 4) is 16.3 Å². The van der Waals surface area contributed by atoms with E-state index in [1.54, 1.807) is 19.9 Å². The van der Waals surface area contributed by atoms with E-state index in [-0.39, 0.29) is 34.7 Å². The molecule has 1 aliphatic heterocycles. The number of aromatic hydroxyl groups is 1. The van der Waals surface area contributed by atoms with Crippen molar-refractivity contribution in [3.63, 3.8) is 0 Å². The molecule has 0 amide bonds. The Kier molecular flexibility index (Phi) is 6.34. The van der Waals surface area contributed by atoms with Crippen LogP contribution < -0.4 is 5.43 Å². The lowest BCUT2D eigenvalue weighted by Gasteiger charge is -2.30. The molecule has 0 radical (unpaired) electrons. The van der Waals surface area contributed by atoms with E-state index in [0.29, 0.717) is 34.0 Å². The second-order valence-corrected chi connectivity index (χ2v) is 10.2. The fraction of sp³-hybridized carbons (Fsp3) is 0.370. The van der Waals surface area contributed by atoms with Crippen molar-refractivity contribution in [2.45, 2.75) is 40.2 Å². The number of hydrogen-bond donors (Lipinski definition) is 1. The zero-order valence-corrected chi connectivity index (χ0v) is 20.9. The number of phenolic OH excluding ortho intramolecular Hbond substituents is 1. The summed E-state index contributed by atoms with van der Waals surface area (Å²) >= 11 is 1.33. The van der Waals surface area contributed by atoms with E-state index in [0.717, 1.165) is 36.1 Å². The van der Waals surface area contributed by atoms with Gasteiger partial charge in [0, 0.05) is 17.7 Å². The van der Waals surface area contributed by atoms with Crippen LogP contribution in [-0.4, -0.2) is 40.7 Å². The lowest BCUT2D eigenvalue weighted by molar-refractivity contribution is 0.0492. The molecule has 2 aromatic carbocycles. The number of likely N-dealkylation sites (tertiary alicyclic amines) is 1. The summed E-state index contributed by atoms with van der Waals surface area (Å²) in [6.07, 6.45) is 2.22. The van der Waals surface area contributed by atoms with Crippen LogP contribution in [0.4, 0.5) is 0 Å². The molecule has 8 heteroatoms. The summed E-state index contributed by atoms with van der Waals surface area (Å²) in [4.78, 5) is 33.6. The van der Waals surface area contributed by atoms with Gasteiger partial charge in [-0.2, -0.15) is 0 Å². The molecule has 0 saturated carbocycles. The summed E-state index contributed by atoms with van der Waals surface area (Å²) in [5.41, 5.74) is 1.78. The Morgan fingerprint density at radius 2 is 2.03 bits per heavy atom. The minimum Gasteiger partial charge on any atom is -0.507 e. The van der Waals surface area contributed by atoms with Crippen molar-refractivity contribution >= 4 is 38.5 Å². The average molecular weight is 493 g/mol. The second kappa shape index (κ2) is 9.43. The lowest BCUT2D eigenvalue weighted by Crippen LogP contribution is -2.32. The summed E-state index contributed by atoms with van der Waals surface area (Å²) in [7, 11) is 0. The predicted molar refractivity (Wildman–Crippen MR) is 137 cm³/mol. The van der Waals surface area contributed by atoms with Gasteiger partial charge in [0.15, 0.2) is 0 Å². The number of benzene rings is 2. The number of aryl methyl sites for hydroxylation is 1. The van der Waals surface area contributed by atoms with Crippen LogP contribution in [-0.2, 0) is 11.3 Å². The molecule has 0 atom stereocenters. The molecule has 7 nitrogen and oxygen atoms in total. The van der Waals surface area contributed by atoms with E-state index in [2.05, 4.69) is 16.8 Å². The molecule has 182 valence electrons. The SMILES string of the molecule is CCOC(=O)c1oc2c(C)c(O)c(CN3CCC(C)CC3)cc2c(=O)c1-c1nc2ccccc2s1. The first kappa shape index (κ1) is 23.5. The van der Waals surface area contributed by atoms with E-state index in [9.17, 15) is 14.7 Å². The van der Waals surface area contributed by atoms with E-state index in [1.165, 1.54) is 11.3 Å². The van der Waals surface area contributed by atoms with E-state index in [1.807, 2.05) is 24.3 Å². The Labute approximate surface area is 207 Å². The number of carbonyl (C=O) groups is 1. The number of rotatable bonds is 5. The highest BCUT2D eigenvalue weighted by molar-refractivity contribution is 7.21. The van der Waals surface area contributed by atoms with Crippen molar-refractivity contribution in [2.24, 2.45) is 5.92 Å². The van der Waals surface area contributed by atoms with Crippen LogP contribution >= 0.6 is 11.3 Å². The van der Waals surface area contributed by atoms with Gasteiger partial charge in [-0.15, -0.1) is 11.3 Å². The van der Waals surface area contributed by atoms with Gasteiger partial charge in [0.1, 0.15) is 21.9 Å². The molecule has 1 N–H and O–H groups in total. The molecule has 3 heterocycles. The zero-order valence-electron chi connectivity index (χ0n) is 20.1. The molecule has 2 aromatic heterocycles. The summed E-state index contributed by atoms with van der Waals surface area (Å²) in [5.74, 6) is -0.139. The normalized spacial score (nSPS) is 15.2. The Morgan fingerprint density at radius 1 is 1.29 bits per heavy atom. The number of thiazole rings is 1. The third-order valence-electron chi connectivity index (χ3n) is 6.70. The van der Waals surface area contributed by atoms with Crippen LogP contribution in [0.3, 0.4) is 0 Å². The number of carbonyl (C=O) groups excluding carboxylic acids is 1. The first-order valence-corrected chi connectivity index (χ1v) is 12.8. The maximum absolute atomic E-state index is 13.9. The number of fused-ring (bicyclic) bond motifs is 2. The van der Waals surface area contributed by atoms with E-state index in [4.69, 9.17) is 9.15 Å². The maximum Gasteiger partial charge on any atom is 0.375 e. The van der Waals surface area contributed by atoms with E-state index < -0.39 is 5.97 Å². The Balaban J connectivity index is 1.70. The quantitative estimate of drug-likeness (QED) is 0.368. The minimum absolute atomic E-state index is 0.0850. The summed E-state index contributed by atoms with van der Waals surface area (Å²) in [6.45, 7) is 8.23. The fourth-order valence-electron chi connectivity index (χ4n) is 4.64. The van der Waals surface area contributed by atoms with Gasteiger partial charge in [-0.1, -0.05) is 19.1 Å². The van der Waals surface area contributed by atoms with Gasteiger partial charge in [0.25, 0.3) is 0 Å². The second-order valence-electron chi connectivity index (χ2n) is 9.19. The maximum atomic E-state index is 13.9. The first-order chi connectivity index (χ1) is 16.9. The summed E-state index contributed by atoms with van der Waals surface area (Å²) in [5, 5.41) is 11.7. The fourth-order valence-corrected chi connectivity index (χ4v) is 5.65. The van der Waals surface area contributed by atoms with Crippen LogP contribution in [0.1, 0.15) is 48.4 Å². The molecule has 4 aromatic rings. The standard InChI is InChI=1S/C27H28N2O5S/c1-4-33-27(32)25-21(26-28-19-7-5-6-8-20(19)35-26)23(31)18-13-17(22(30)16(3)24(18)34-25)14-29-11-9-15(2)10-12-29/h5-8,13,15,30H,4,9-12,14H2,1-3H3. The molecule has 0 bridgehead atoms. The molecule has 1 saturated heterocycles. The van der Waals surface area contributed by atoms with Gasteiger partial charge in [-0.3, -0.25) is 9.69 Å². The summed E-state index contributed by atoms with van der Waals surface area (Å²) < 4.78 is 12.1. The Hall–Kier alpha value is -3.23. The van der Waals surface area contributed by atoms with Crippen molar-refractivity contribution in [2.75, 3.05) is 19.7 Å². The number of piperidine rings is 1. The highest BCUT2D eigenvalue weighted by Crippen LogP contribution is 2.36. The molecule has 5 rings (SSSR count). The van der Waals surface area contributed by atoms with Gasteiger partial charge in [0.2, 0.25) is 11.2 Å². The van der Waals surface area contributed by atoms with Crippen LogP contribution in [0, 0.1) is 12.8 Å². The van der Waals surface area contributed by atoms with Crippen LogP contribution in [0.2, 0.25) is 0 Å². The molecule has 1 aliphatic rings. The van der Waals surface area contributed by atoms with Crippen LogP contribution in [0.15, 0.2) is 39.5 Å². The number of phenols is 1. The third kappa shape index (κ3) is 4.32. The largest absolute Gasteiger partial charge is 0.507 e. The number of aromatic nitrogens is 1.